The molecular weight excluding hydrogens is 310 g/mol. The van der Waals surface area contributed by atoms with E-state index in [0.717, 1.165) is 17.7 Å². The smallest absolute Gasteiger partial charge is 0.238 e. The maximum Gasteiger partial charge on any atom is 0.238 e. The van der Waals surface area contributed by atoms with Crippen molar-refractivity contribution in [3.05, 3.63) is 35.1 Å². The fourth-order valence-corrected chi connectivity index (χ4v) is 5.34. The summed E-state index contributed by atoms with van der Waals surface area (Å²) in [5, 5.41) is 21.9. The van der Waals surface area contributed by atoms with Crippen molar-refractivity contribution >= 4 is 5.78 Å². The molecular formula is C18H19NO5. The first-order chi connectivity index (χ1) is 11.4. The Morgan fingerprint density at radius 1 is 1.42 bits per heavy atom. The largest absolute Gasteiger partial charge is 0.504 e. The van der Waals surface area contributed by atoms with E-state index in [1.807, 2.05) is 19.2 Å². The maximum atomic E-state index is 12.7. The number of carbonyl (C=O) groups excluding carboxylic acids is 1. The van der Waals surface area contributed by atoms with E-state index in [0.29, 0.717) is 24.3 Å². The van der Waals surface area contributed by atoms with Crippen LogP contribution in [0.1, 0.15) is 17.5 Å². The average Bonchev–Trinajstić information content (AvgIpc) is 2.90. The normalized spacial score (nSPS) is 39.1. The first kappa shape index (κ1) is 14.3. The Hall–Kier alpha value is -2.05. The van der Waals surface area contributed by atoms with Crippen molar-refractivity contribution in [3.8, 4) is 11.5 Å². The number of carbonyl (C=O) groups is 1. The summed E-state index contributed by atoms with van der Waals surface area (Å²) < 4.78 is 11.4. The highest BCUT2D eigenvalue weighted by Crippen LogP contribution is 2.63. The van der Waals surface area contributed by atoms with E-state index in [1.54, 1.807) is 7.11 Å². The van der Waals surface area contributed by atoms with Gasteiger partial charge in [-0.15, -0.1) is 0 Å². The second-order valence-electron chi connectivity index (χ2n) is 7.27. The highest BCUT2D eigenvalue weighted by Gasteiger charge is 2.73. The molecule has 0 saturated carbocycles. The number of ketones is 1. The summed E-state index contributed by atoms with van der Waals surface area (Å²) in [5.74, 6) is 0.227. The molecule has 1 aromatic rings. The topological polar surface area (TPSA) is 79.2 Å². The van der Waals surface area contributed by atoms with Gasteiger partial charge in [-0.1, -0.05) is 6.07 Å². The van der Waals surface area contributed by atoms with Crippen molar-refractivity contribution in [1.82, 2.24) is 4.90 Å². The predicted molar refractivity (Wildman–Crippen MR) is 84.5 cm³/mol. The van der Waals surface area contributed by atoms with Crippen LogP contribution < -0.4 is 9.47 Å². The number of aliphatic hydroxyl groups is 2. The van der Waals surface area contributed by atoms with E-state index in [-0.39, 0.29) is 6.04 Å². The molecule has 0 amide bonds. The zero-order valence-electron chi connectivity index (χ0n) is 13.6. The molecule has 1 saturated heterocycles. The van der Waals surface area contributed by atoms with Crippen LogP contribution in [0.3, 0.4) is 0 Å². The lowest BCUT2D eigenvalue weighted by molar-refractivity contribution is -0.156. The van der Waals surface area contributed by atoms with Gasteiger partial charge in [-0.3, -0.25) is 9.69 Å². The van der Waals surface area contributed by atoms with Gasteiger partial charge in [0.25, 0.3) is 0 Å². The maximum absolute atomic E-state index is 12.7. The summed E-state index contributed by atoms with van der Waals surface area (Å²) >= 11 is 0. The summed E-state index contributed by atoms with van der Waals surface area (Å²) in [6.45, 7) is 0.755. The van der Waals surface area contributed by atoms with Gasteiger partial charge in [0, 0.05) is 11.6 Å². The van der Waals surface area contributed by atoms with Crippen molar-refractivity contribution in [2.45, 2.75) is 36.0 Å². The third-order valence-electron chi connectivity index (χ3n) is 6.43. The van der Waals surface area contributed by atoms with Crippen LogP contribution in [0, 0.1) is 0 Å². The van der Waals surface area contributed by atoms with Crippen LogP contribution in [0.4, 0.5) is 0 Å². The summed E-state index contributed by atoms with van der Waals surface area (Å²) in [6, 6.07) is 3.64. The number of nitrogens with zero attached hydrogens (tertiary/aromatic N) is 1. The van der Waals surface area contributed by atoms with Crippen LogP contribution in [0.5, 0.6) is 11.5 Å². The monoisotopic (exact) mass is 329 g/mol. The van der Waals surface area contributed by atoms with Crippen LogP contribution in [-0.2, 0) is 16.6 Å². The van der Waals surface area contributed by atoms with Crippen molar-refractivity contribution in [2.75, 3.05) is 20.7 Å². The Kier molecular flexibility index (Phi) is 2.46. The van der Waals surface area contributed by atoms with Gasteiger partial charge in [0.15, 0.2) is 23.4 Å². The highest BCUT2D eigenvalue weighted by atomic mass is 16.5. The van der Waals surface area contributed by atoms with Gasteiger partial charge in [-0.05, 0) is 44.1 Å². The van der Waals surface area contributed by atoms with Crippen LogP contribution in [-0.4, -0.2) is 59.3 Å². The van der Waals surface area contributed by atoms with Crippen LogP contribution in [0.15, 0.2) is 24.0 Å². The standard InChI is InChI=1S/C18H19NO5/c1-19-6-5-17-13-9-3-4-11(23-2)15(13)24-16(17)14(21)10(20)8-18(17,22)12(19)7-9/h3-4,8,12,16,20,22H,5-7H2,1-2H3/t12-,16+,17+,18-/m1/s1. The Morgan fingerprint density at radius 3 is 2.96 bits per heavy atom. The minimum absolute atomic E-state index is 0.209. The van der Waals surface area contributed by atoms with Crippen LogP contribution in [0.2, 0.25) is 0 Å². The quantitative estimate of drug-likeness (QED) is 0.790. The Bertz CT molecular complexity index is 818. The number of hydrogen-bond donors (Lipinski definition) is 2. The minimum Gasteiger partial charge on any atom is -0.504 e. The van der Waals surface area contributed by atoms with Crippen molar-refractivity contribution in [3.63, 3.8) is 0 Å². The molecule has 2 heterocycles. The lowest BCUT2D eigenvalue weighted by atomic mass is 9.50. The predicted octanol–water partition coefficient (Wildman–Crippen LogP) is 0.710. The van der Waals surface area contributed by atoms with Gasteiger partial charge < -0.3 is 19.7 Å². The molecule has 6 heteroatoms. The summed E-state index contributed by atoms with van der Waals surface area (Å²) in [4.78, 5) is 14.8. The number of hydrogen-bond acceptors (Lipinski definition) is 6. The molecule has 2 N–H and O–H groups in total. The van der Waals surface area contributed by atoms with Crippen molar-refractivity contribution in [2.24, 2.45) is 0 Å². The van der Waals surface area contributed by atoms with E-state index >= 15 is 0 Å². The van der Waals surface area contributed by atoms with Gasteiger partial charge in [0.05, 0.1) is 12.5 Å². The van der Waals surface area contributed by atoms with E-state index in [4.69, 9.17) is 9.47 Å². The molecule has 6 nitrogen and oxygen atoms in total. The number of likely N-dealkylation sites (N-methyl/N-ethyl adjacent to an activating group) is 1. The number of piperidine rings is 1. The van der Waals surface area contributed by atoms with Crippen molar-refractivity contribution in [1.29, 1.82) is 0 Å². The SMILES string of the molecule is COc1ccc2c3c1O[C@H]1C(=O)C(O)=C[C@@]4(O)[C@@H](C2)N(C)CC[C@]314. The molecule has 0 aromatic heterocycles. The van der Waals surface area contributed by atoms with E-state index in [2.05, 4.69) is 4.90 Å². The van der Waals surface area contributed by atoms with E-state index in [1.165, 1.54) is 6.08 Å². The molecule has 1 aromatic carbocycles. The minimum atomic E-state index is -1.34. The molecule has 126 valence electrons. The number of aliphatic hydroxyl groups excluding tert-OH is 1. The Morgan fingerprint density at radius 2 is 2.21 bits per heavy atom. The van der Waals surface area contributed by atoms with Gasteiger partial charge in [-0.2, -0.15) is 0 Å². The number of benzene rings is 1. The Balaban J connectivity index is 1.89. The lowest BCUT2D eigenvalue weighted by Crippen LogP contribution is -2.75. The Labute approximate surface area is 139 Å². The number of likely N-dealkylation sites (tertiary alicyclic amines) is 1. The van der Waals surface area contributed by atoms with Gasteiger partial charge in [0.1, 0.15) is 5.60 Å². The van der Waals surface area contributed by atoms with Crippen LogP contribution >= 0.6 is 0 Å². The molecule has 24 heavy (non-hydrogen) atoms. The van der Waals surface area contributed by atoms with Gasteiger partial charge in [0.2, 0.25) is 5.78 Å². The second kappa shape index (κ2) is 4.13. The molecule has 2 bridgehead atoms. The third-order valence-corrected chi connectivity index (χ3v) is 6.43. The van der Waals surface area contributed by atoms with E-state index in [9.17, 15) is 15.0 Å². The fourth-order valence-electron chi connectivity index (χ4n) is 5.34. The number of rotatable bonds is 1. The molecule has 2 aliphatic heterocycles. The summed E-state index contributed by atoms with van der Waals surface area (Å²) in [5.41, 5.74) is -0.231. The zero-order valence-corrected chi connectivity index (χ0v) is 13.6. The first-order valence-corrected chi connectivity index (χ1v) is 8.19. The number of methoxy groups -OCH3 is 1. The lowest BCUT2D eigenvalue weighted by Gasteiger charge is -2.60. The number of ether oxygens (including phenoxy) is 2. The summed E-state index contributed by atoms with van der Waals surface area (Å²) in [6.07, 6.45) is 1.67. The second-order valence-corrected chi connectivity index (χ2v) is 7.27. The van der Waals surface area contributed by atoms with Crippen molar-refractivity contribution < 1.29 is 24.5 Å². The summed E-state index contributed by atoms with van der Waals surface area (Å²) in [7, 11) is 3.53. The molecule has 5 rings (SSSR count). The van der Waals surface area contributed by atoms with Gasteiger partial charge in [-0.25, -0.2) is 0 Å². The molecule has 4 aliphatic rings. The fraction of sp³-hybridized carbons (Fsp3) is 0.500. The van der Waals surface area contributed by atoms with Crippen LogP contribution in [0.25, 0.3) is 0 Å². The molecule has 0 radical (unpaired) electrons. The zero-order chi connectivity index (χ0) is 16.9. The molecule has 0 unspecified atom stereocenters. The third kappa shape index (κ3) is 1.28. The molecule has 2 aliphatic carbocycles. The molecule has 1 spiro atoms. The molecule has 4 atom stereocenters. The number of Topliss-reactive ketones (excluding diaryl/α,β-unsaturated/α-hetero) is 1. The first-order valence-electron chi connectivity index (χ1n) is 8.19. The highest BCUT2D eigenvalue weighted by molar-refractivity contribution is 6.01. The van der Waals surface area contributed by atoms with Gasteiger partial charge >= 0.3 is 0 Å². The van der Waals surface area contributed by atoms with E-state index < -0.39 is 28.7 Å². The molecule has 1 fully saturated rings. The average molecular weight is 329 g/mol.